The number of benzene rings is 1. The van der Waals surface area contributed by atoms with E-state index in [2.05, 4.69) is 17.2 Å². The molecular weight excluding hydrogens is 290 g/mol. The van der Waals surface area contributed by atoms with Crippen LogP contribution in [0.4, 0.5) is 5.69 Å². The van der Waals surface area contributed by atoms with Crippen molar-refractivity contribution in [1.29, 1.82) is 0 Å². The minimum atomic E-state index is -0.320. The fourth-order valence-electron chi connectivity index (χ4n) is 2.37. The number of hydrogen-bond donors (Lipinski definition) is 2. The Hall–Kier alpha value is -1.54. The molecular formula is C16H18ClNO3. The number of methoxy groups -OCH3 is 1. The molecule has 0 radical (unpaired) electrons. The summed E-state index contributed by atoms with van der Waals surface area (Å²) >= 11 is 5.96. The van der Waals surface area contributed by atoms with E-state index in [1.807, 2.05) is 0 Å². The molecule has 1 aliphatic carbocycles. The molecule has 2 rings (SSSR count). The van der Waals surface area contributed by atoms with Crippen molar-refractivity contribution in [1.82, 2.24) is 0 Å². The maximum atomic E-state index is 12.2. The first kappa shape index (κ1) is 15.8. The van der Waals surface area contributed by atoms with Gasteiger partial charge in [-0.25, -0.2) is 0 Å². The molecule has 4 nitrogen and oxygen atoms in total. The summed E-state index contributed by atoms with van der Waals surface area (Å²) < 4.78 is 5.45. The van der Waals surface area contributed by atoms with Gasteiger partial charge in [0.05, 0.1) is 17.7 Å². The van der Waals surface area contributed by atoms with Gasteiger partial charge >= 0.3 is 0 Å². The fraction of sp³-hybridized carbons (Fsp3) is 0.438. The van der Waals surface area contributed by atoms with E-state index in [0.717, 1.165) is 19.3 Å². The summed E-state index contributed by atoms with van der Waals surface area (Å²) in [7, 11) is 1.64. The second-order valence-corrected chi connectivity index (χ2v) is 5.55. The van der Waals surface area contributed by atoms with E-state index < -0.39 is 0 Å². The summed E-state index contributed by atoms with van der Waals surface area (Å²) in [6, 6.07) is 5.07. The van der Waals surface area contributed by atoms with Gasteiger partial charge in [-0.05, 0) is 37.5 Å². The second kappa shape index (κ2) is 6.95. The largest absolute Gasteiger partial charge is 0.384 e. The molecule has 1 aromatic carbocycles. The summed E-state index contributed by atoms with van der Waals surface area (Å²) in [5.74, 6) is 5.24. The number of halogens is 1. The Bertz CT molecular complexity index is 579. The number of carbonyl (C=O) groups is 1. The van der Waals surface area contributed by atoms with Crippen molar-refractivity contribution in [2.24, 2.45) is 0 Å². The molecule has 0 spiro atoms. The normalized spacial score (nSPS) is 15.6. The number of ether oxygens (including phenoxy) is 1. The minimum Gasteiger partial charge on any atom is -0.384 e. The molecule has 1 fully saturated rings. The van der Waals surface area contributed by atoms with Crippen LogP contribution in [-0.4, -0.2) is 30.3 Å². The zero-order chi connectivity index (χ0) is 15.3. The first-order chi connectivity index (χ1) is 10.1. The Morgan fingerprint density at radius 3 is 2.86 bits per heavy atom. The highest BCUT2D eigenvalue weighted by atomic mass is 35.5. The van der Waals surface area contributed by atoms with Crippen molar-refractivity contribution in [2.75, 3.05) is 19.0 Å². The summed E-state index contributed by atoms with van der Waals surface area (Å²) in [4.78, 5) is 12.2. The lowest BCUT2D eigenvalue weighted by atomic mass is 9.77. The van der Waals surface area contributed by atoms with Gasteiger partial charge in [-0.15, -0.1) is 0 Å². The molecule has 0 atom stereocenters. The standard InChI is InChI=1S/C16H18ClNO3/c1-21-16(7-3-8-16)11-15(20)18-14-10-13(17)6-5-12(14)4-2-9-19/h5-6,10,19H,3,7-9,11H2,1H3,(H,18,20). The van der Waals surface area contributed by atoms with Gasteiger partial charge in [0.1, 0.15) is 6.61 Å². The molecule has 0 saturated heterocycles. The summed E-state index contributed by atoms with van der Waals surface area (Å²) in [6.45, 7) is -0.233. The molecule has 112 valence electrons. The molecule has 0 aromatic heterocycles. The van der Waals surface area contributed by atoms with E-state index in [-0.39, 0.29) is 18.1 Å². The van der Waals surface area contributed by atoms with Crippen molar-refractivity contribution in [3.63, 3.8) is 0 Å². The third-order valence-corrected chi connectivity index (χ3v) is 3.97. The van der Waals surface area contributed by atoms with Crippen molar-refractivity contribution >= 4 is 23.2 Å². The van der Waals surface area contributed by atoms with Gasteiger partial charge in [0.25, 0.3) is 0 Å². The van der Waals surface area contributed by atoms with Crippen molar-refractivity contribution in [3.8, 4) is 11.8 Å². The van der Waals surface area contributed by atoms with Crippen LogP contribution in [0.2, 0.25) is 5.02 Å². The monoisotopic (exact) mass is 307 g/mol. The van der Waals surface area contributed by atoms with Crippen LogP contribution >= 0.6 is 11.6 Å². The summed E-state index contributed by atoms with van der Waals surface area (Å²) in [5, 5.41) is 12.1. The summed E-state index contributed by atoms with van der Waals surface area (Å²) in [6.07, 6.45) is 3.22. The molecule has 1 aromatic rings. The van der Waals surface area contributed by atoms with Crippen LogP contribution in [0.25, 0.3) is 0 Å². The second-order valence-electron chi connectivity index (χ2n) is 5.12. The smallest absolute Gasteiger partial charge is 0.227 e. The van der Waals surface area contributed by atoms with Crippen LogP contribution in [0.15, 0.2) is 18.2 Å². The van der Waals surface area contributed by atoms with E-state index in [9.17, 15) is 4.79 Å². The van der Waals surface area contributed by atoms with E-state index in [1.165, 1.54) is 0 Å². The lowest BCUT2D eigenvalue weighted by Gasteiger charge is -2.39. The van der Waals surface area contributed by atoms with Gasteiger partial charge in [0.15, 0.2) is 0 Å². The lowest BCUT2D eigenvalue weighted by molar-refractivity contribution is -0.129. The van der Waals surface area contributed by atoms with E-state index in [4.69, 9.17) is 21.4 Å². The molecule has 1 saturated carbocycles. The zero-order valence-electron chi connectivity index (χ0n) is 11.9. The van der Waals surface area contributed by atoms with Crippen molar-refractivity contribution in [2.45, 2.75) is 31.3 Å². The molecule has 0 bridgehead atoms. The number of hydrogen-bond acceptors (Lipinski definition) is 3. The molecule has 2 N–H and O–H groups in total. The number of amides is 1. The average molecular weight is 308 g/mol. The van der Waals surface area contributed by atoms with Crippen LogP contribution in [0, 0.1) is 11.8 Å². The van der Waals surface area contributed by atoms with Crippen molar-refractivity contribution in [3.05, 3.63) is 28.8 Å². The van der Waals surface area contributed by atoms with Crippen LogP contribution < -0.4 is 5.32 Å². The molecule has 0 aliphatic heterocycles. The number of rotatable bonds is 4. The third kappa shape index (κ3) is 3.98. The lowest BCUT2D eigenvalue weighted by Crippen LogP contribution is -2.42. The van der Waals surface area contributed by atoms with Crippen LogP contribution in [-0.2, 0) is 9.53 Å². The first-order valence-corrected chi connectivity index (χ1v) is 7.21. The Balaban J connectivity index is 2.11. The Morgan fingerprint density at radius 2 is 2.29 bits per heavy atom. The number of anilines is 1. The van der Waals surface area contributed by atoms with Crippen molar-refractivity contribution < 1.29 is 14.6 Å². The van der Waals surface area contributed by atoms with Crippen LogP contribution in [0.1, 0.15) is 31.2 Å². The van der Waals surface area contributed by atoms with Crippen LogP contribution in [0.3, 0.4) is 0 Å². The van der Waals surface area contributed by atoms with Gasteiger partial charge in [0, 0.05) is 17.7 Å². The fourth-order valence-corrected chi connectivity index (χ4v) is 2.55. The van der Waals surface area contributed by atoms with Gasteiger partial charge in [-0.1, -0.05) is 23.4 Å². The topological polar surface area (TPSA) is 58.6 Å². The number of aliphatic hydroxyl groups is 1. The van der Waals surface area contributed by atoms with Crippen LogP contribution in [0.5, 0.6) is 0 Å². The quantitative estimate of drug-likeness (QED) is 0.841. The Morgan fingerprint density at radius 1 is 1.52 bits per heavy atom. The van der Waals surface area contributed by atoms with E-state index in [1.54, 1.807) is 25.3 Å². The SMILES string of the molecule is COC1(CC(=O)Nc2cc(Cl)ccc2C#CCO)CCC1. The summed E-state index contributed by atoms with van der Waals surface area (Å²) in [5.41, 5.74) is 0.862. The van der Waals surface area contributed by atoms with Gasteiger partial charge < -0.3 is 15.2 Å². The number of aliphatic hydroxyl groups excluding tert-OH is 1. The highest BCUT2D eigenvalue weighted by molar-refractivity contribution is 6.31. The third-order valence-electron chi connectivity index (χ3n) is 3.74. The molecule has 0 heterocycles. The van der Waals surface area contributed by atoms with Gasteiger partial charge in [0.2, 0.25) is 5.91 Å². The number of carbonyl (C=O) groups excluding carboxylic acids is 1. The highest BCUT2D eigenvalue weighted by Gasteiger charge is 2.39. The zero-order valence-corrected chi connectivity index (χ0v) is 12.7. The Labute approximate surface area is 129 Å². The maximum Gasteiger partial charge on any atom is 0.227 e. The molecule has 1 aliphatic rings. The highest BCUT2D eigenvalue weighted by Crippen LogP contribution is 2.38. The predicted molar refractivity (Wildman–Crippen MR) is 82.3 cm³/mol. The number of nitrogens with one attached hydrogen (secondary N) is 1. The van der Waals surface area contributed by atoms with E-state index >= 15 is 0 Å². The minimum absolute atomic E-state index is 0.120. The Kier molecular flexibility index (Phi) is 5.24. The molecule has 1 amide bonds. The predicted octanol–water partition coefficient (Wildman–Crippen LogP) is 2.58. The molecule has 5 heteroatoms. The van der Waals surface area contributed by atoms with Gasteiger partial charge in [-0.3, -0.25) is 4.79 Å². The molecule has 21 heavy (non-hydrogen) atoms. The first-order valence-electron chi connectivity index (χ1n) is 6.83. The molecule has 0 unspecified atom stereocenters. The van der Waals surface area contributed by atoms with E-state index in [0.29, 0.717) is 22.7 Å². The van der Waals surface area contributed by atoms with Gasteiger partial charge in [-0.2, -0.15) is 0 Å². The average Bonchev–Trinajstić information content (AvgIpc) is 2.42. The maximum absolute atomic E-state index is 12.2.